The van der Waals surface area contributed by atoms with Crippen molar-refractivity contribution in [2.45, 2.75) is 0 Å². The van der Waals surface area contributed by atoms with Crippen LogP contribution in [0.3, 0.4) is 0 Å². The first-order valence-electron chi connectivity index (χ1n) is 3.86. The van der Waals surface area contributed by atoms with Crippen LogP contribution in [0.15, 0.2) is 6.07 Å². The lowest BCUT2D eigenvalue weighted by molar-refractivity contribution is 0.0696. The third-order valence-corrected chi connectivity index (χ3v) is 2.63. The van der Waals surface area contributed by atoms with Crippen LogP contribution < -0.4 is 9.47 Å². The minimum Gasteiger partial charge on any atom is -0.493 e. The summed E-state index contributed by atoms with van der Waals surface area (Å²) in [6, 6.07) is 1.26. The van der Waals surface area contributed by atoms with Gasteiger partial charge in [-0.15, -0.1) is 0 Å². The number of carboxylic acid groups (broad SMARTS) is 1. The first kappa shape index (κ1) is 11.9. The highest BCUT2D eigenvalue weighted by Gasteiger charge is 2.20. The lowest BCUT2D eigenvalue weighted by atomic mass is 10.2. The second-order valence-electron chi connectivity index (χ2n) is 2.59. The Morgan fingerprint density at radius 2 is 1.87 bits per heavy atom. The Bertz CT molecular complexity index is 404. The Morgan fingerprint density at radius 3 is 2.27 bits per heavy atom. The number of hydrogen-bond acceptors (Lipinski definition) is 3. The second-order valence-corrected chi connectivity index (χ2v) is 3.35. The van der Waals surface area contributed by atoms with Crippen molar-refractivity contribution in [3.8, 4) is 11.5 Å². The normalized spacial score (nSPS) is 9.87. The van der Waals surface area contributed by atoms with E-state index in [1.165, 1.54) is 20.3 Å². The summed E-state index contributed by atoms with van der Waals surface area (Å²) in [5.74, 6) is -0.735. The fraction of sp³-hybridized carbons (Fsp3) is 0.222. The standard InChI is InChI=1S/C9H8Cl2O4/c1-14-5-3-4(9(12)13)6(10)7(11)8(5)15-2/h3H,1-2H3,(H,12,13). The van der Waals surface area contributed by atoms with Crippen molar-refractivity contribution in [3.63, 3.8) is 0 Å². The molecule has 0 aliphatic carbocycles. The molecule has 0 aliphatic rings. The molecule has 0 atom stereocenters. The number of carbonyl (C=O) groups is 1. The molecule has 0 amide bonds. The molecule has 0 radical (unpaired) electrons. The van der Waals surface area contributed by atoms with Crippen LogP contribution in [-0.4, -0.2) is 25.3 Å². The molecule has 0 unspecified atom stereocenters. The lowest BCUT2D eigenvalue weighted by Crippen LogP contribution is -2.01. The Hall–Kier alpha value is -1.13. The first-order chi connectivity index (χ1) is 7.02. The maximum atomic E-state index is 10.8. The maximum absolute atomic E-state index is 10.8. The fourth-order valence-corrected chi connectivity index (χ4v) is 1.58. The van der Waals surface area contributed by atoms with E-state index in [2.05, 4.69) is 0 Å². The molecule has 1 aromatic carbocycles. The Morgan fingerprint density at radius 1 is 1.27 bits per heavy atom. The van der Waals surface area contributed by atoms with Gasteiger partial charge in [0.05, 0.1) is 24.8 Å². The van der Waals surface area contributed by atoms with Gasteiger partial charge in [-0.05, 0) is 0 Å². The van der Waals surface area contributed by atoms with Crippen molar-refractivity contribution < 1.29 is 19.4 Å². The van der Waals surface area contributed by atoms with Crippen LogP contribution in [0.2, 0.25) is 10.0 Å². The summed E-state index contributed by atoms with van der Waals surface area (Å²) in [6.07, 6.45) is 0. The van der Waals surface area contributed by atoms with Crippen molar-refractivity contribution in [2.24, 2.45) is 0 Å². The average Bonchev–Trinajstić information content (AvgIpc) is 2.21. The highest BCUT2D eigenvalue weighted by molar-refractivity contribution is 6.44. The van der Waals surface area contributed by atoms with Crippen LogP contribution in [0.1, 0.15) is 10.4 Å². The molecular weight excluding hydrogens is 243 g/mol. The summed E-state index contributed by atoms with van der Waals surface area (Å²) in [5.41, 5.74) is -0.126. The lowest BCUT2D eigenvalue weighted by Gasteiger charge is -2.11. The minimum absolute atomic E-state index is 0.0240. The molecule has 1 N–H and O–H groups in total. The maximum Gasteiger partial charge on any atom is 0.337 e. The largest absolute Gasteiger partial charge is 0.493 e. The molecule has 0 aromatic heterocycles. The number of methoxy groups -OCH3 is 2. The van der Waals surface area contributed by atoms with Crippen molar-refractivity contribution in [2.75, 3.05) is 14.2 Å². The quantitative estimate of drug-likeness (QED) is 0.897. The van der Waals surface area contributed by atoms with Crippen LogP contribution in [0.25, 0.3) is 0 Å². The Labute approximate surface area is 96.3 Å². The highest BCUT2D eigenvalue weighted by atomic mass is 35.5. The molecule has 1 rings (SSSR count). The van der Waals surface area contributed by atoms with Gasteiger partial charge in [0.1, 0.15) is 5.02 Å². The molecule has 0 saturated heterocycles. The molecule has 0 saturated carbocycles. The molecule has 4 nitrogen and oxygen atoms in total. The number of benzene rings is 1. The molecular formula is C9H8Cl2O4. The molecule has 0 fully saturated rings. The summed E-state index contributed by atoms with van der Waals surface area (Å²) in [4.78, 5) is 10.8. The molecule has 1 aromatic rings. The van der Waals surface area contributed by atoms with Gasteiger partial charge in [0.25, 0.3) is 0 Å². The average molecular weight is 251 g/mol. The third-order valence-electron chi connectivity index (χ3n) is 1.78. The van der Waals surface area contributed by atoms with Crippen LogP contribution >= 0.6 is 23.2 Å². The number of halogens is 2. The molecule has 0 bridgehead atoms. The van der Waals surface area contributed by atoms with Gasteiger partial charge in [-0.3, -0.25) is 0 Å². The van der Waals surface area contributed by atoms with Crippen LogP contribution in [0.5, 0.6) is 11.5 Å². The van der Waals surface area contributed by atoms with Gasteiger partial charge in [-0.25, -0.2) is 4.79 Å². The van der Waals surface area contributed by atoms with Crippen LogP contribution in [0.4, 0.5) is 0 Å². The van der Waals surface area contributed by atoms with Gasteiger partial charge >= 0.3 is 5.97 Å². The monoisotopic (exact) mass is 250 g/mol. The minimum atomic E-state index is -1.18. The zero-order chi connectivity index (χ0) is 11.6. The summed E-state index contributed by atoms with van der Waals surface area (Å²) < 4.78 is 9.88. The van der Waals surface area contributed by atoms with E-state index in [0.29, 0.717) is 0 Å². The number of ether oxygens (including phenoxy) is 2. The summed E-state index contributed by atoms with van der Waals surface area (Å²) in [5, 5.41) is 8.79. The van der Waals surface area contributed by atoms with Crippen molar-refractivity contribution in [1.82, 2.24) is 0 Å². The molecule has 0 spiro atoms. The van der Waals surface area contributed by atoms with E-state index < -0.39 is 5.97 Å². The number of carboxylic acids is 1. The van der Waals surface area contributed by atoms with E-state index in [9.17, 15) is 4.79 Å². The topological polar surface area (TPSA) is 55.8 Å². The Balaban J connectivity index is 3.49. The second kappa shape index (κ2) is 4.59. The Kier molecular flexibility index (Phi) is 3.66. The fourth-order valence-electron chi connectivity index (χ4n) is 1.08. The van der Waals surface area contributed by atoms with E-state index in [0.717, 1.165) is 0 Å². The van der Waals surface area contributed by atoms with Gasteiger partial charge in [-0.1, -0.05) is 23.2 Å². The van der Waals surface area contributed by atoms with Gasteiger partial charge in [0.2, 0.25) is 0 Å². The summed E-state index contributed by atoms with van der Waals surface area (Å²) in [6.45, 7) is 0. The predicted molar refractivity (Wildman–Crippen MR) is 56.5 cm³/mol. The van der Waals surface area contributed by atoms with Gasteiger partial charge < -0.3 is 14.6 Å². The molecule has 82 valence electrons. The van der Waals surface area contributed by atoms with Gasteiger partial charge in [-0.2, -0.15) is 0 Å². The molecule has 0 heterocycles. The first-order valence-corrected chi connectivity index (χ1v) is 4.61. The summed E-state index contributed by atoms with van der Waals surface area (Å²) >= 11 is 11.6. The zero-order valence-corrected chi connectivity index (χ0v) is 9.52. The SMILES string of the molecule is COc1cc(C(=O)O)c(Cl)c(Cl)c1OC. The zero-order valence-electron chi connectivity index (χ0n) is 8.01. The number of hydrogen-bond donors (Lipinski definition) is 1. The van der Waals surface area contributed by atoms with E-state index >= 15 is 0 Å². The van der Waals surface area contributed by atoms with E-state index in [-0.39, 0.29) is 27.1 Å². The molecule has 0 aliphatic heterocycles. The van der Waals surface area contributed by atoms with E-state index in [1.54, 1.807) is 0 Å². The van der Waals surface area contributed by atoms with E-state index in [1.807, 2.05) is 0 Å². The molecule has 6 heteroatoms. The third kappa shape index (κ3) is 2.11. The highest BCUT2D eigenvalue weighted by Crippen LogP contribution is 2.41. The van der Waals surface area contributed by atoms with Gasteiger partial charge in [0.15, 0.2) is 11.5 Å². The number of rotatable bonds is 3. The number of aromatic carboxylic acids is 1. The van der Waals surface area contributed by atoms with Crippen molar-refractivity contribution >= 4 is 29.2 Å². The van der Waals surface area contributed by atoms with Gasteiger partial charge in [0, 0.05) is 6.07 Å². The van der Waals surface area contributed by atoms with E-state index in [4.69, 9.17) is 37.8 Å². The van der Waals surface area contributed by atoms with Crippen molar-refractivity contribution in [3.05, 3.63) is 21.7 Å². The smallest absolute Gasteiger partial charge is 0.337 e. The van der Waals surface area contributed by atoms with Crippen LogP contribution in [-0.2, 0) is 0 Å². The summed E-state index contributed by atoms with van der Waals surface area (Å²) in [7, 11) is 2.77. The molecule has 15 heavy (non-hydrogen) atoms. The van der Waals surface area contributed by atoms with Crippen molar-refractivity contribution in [1.29, 1.82) is 0 Å². The predicted octanol–water partition coefficient (Wildman–Crippen LogP) is 2.71. The van der Waals surface area contributed by atoms with Crippen LogP contribution in [0, 0.1) is 0 Å².